The summed E-state index contributed by atoms with van der Waals surface area (Å²) in [6, 6.07) is 15.1. The molecule has 9 heteroatoms. The first-order valence-corrected chi connectivity index (χ1v) is 12.2. The predicted octanol–water partition coefficient (Wildman–Crippen LogP) is 6.69. The molecule has 0 amide bonds. The van der Waals surface area contributed by atoms with Gasteiger partial charge in [-0.05, 0) is 54.8 Å². The van der Waals surface area contributed by atoms with E-state index in [-0.39, 0.29) is 18.2 Å². The number of halogens is 2. The van der Waals surface area contributed by atoms with Crippen molar-refractivity contribution in [2.75, 3.05) is 6.61 Å². The van der Waals surface area contributed by atoms with Crippen molar-refractivity contribution in [2.24, 2.45) is 0 Å². The zero-order valence-corrected chi connectivity index (χ0v) is 20.7. The average molecular weight is 501 g/mol. The minimum Gasteiger partial charge on any atom is -0.461 e. The maximum Gasteiger partial charge on any atom is 0.360 e. The third-order valence-electron chi connectivity index (χ3n) is 4.98. The average Bonchev–Trinajstić information content (AvgIpc) is 3.19. The number of carbonyl (C=O) groups is 1. The van der Waals surface area contributed by atoms with Crippen LogP contribution in [0.1, 0.15) is 48.6 Å². The van der Waals surface area contributed by atoms with Crippen molar-refractivity contribution in [1.29, 1.82) is 0 Å². The maximum absolute atomic E-state index is 12.7. The molecule has 2 aromatic heterocycles. The van der Waals surface area contributed by atoms with Crippen molar-refractivity contribution in [1.82, 2.24) is 19.8 Å². The fraction of sp³-hybridized carbons (Fsp3) is 0.250. The molecule has 2 heterocycles. The number of carbonyl (C=O) groups excluding carboxylic acids is 1. The Bertz CT molecular complexity index is 1310. The number of ether oxygens (including phenoxy) is 1. The molecule has 0 unspecified atom stereocenters. The normalized spacial score (nSPS) is 11.3. The number of fused-ring (bicyclic) bond motifs is 1. The molecule has 4 aromatic rings. The standard InChI is InChI=1S/C24H22Cl2N4O2S/c1-4-32-24(31)22-19(13-33-18-10-8-16(25)9-11-18)30-23(28-27-22)20(21(29-30)14(2)3)15-6-5-7-17(26)12-15/h5-12,14H,4,13H2,1-3H3. The highest BCUT2D eigenvalue weighted by Gasteiger charge is 2.25. The molecule has 4 rings (SSSR count). The Morgan fingerprint density at radius 2 is 1.85 bits per heavy atom. The summed E-state index contributed by atoms with van der Waals surface area (Å²) >= 11 is 13.8. The smallest absolute Gasteiger partial charge is 0.360 e. The molecular weight excluding hydrogens is 479 g/mol. The first kappa shape index (κ1) is 23.5. The molecule has 2 aromatic carbocycles. The first-order chi connectivity index (χ1) is 15.9. The highest BCUT2D eigenvalue weighted by atomic mass is 35.5. The number of hydrogen-bond donors (Lipinski definition) is 0. The molecule has 33 heavy (non-hydrogen) atoms. The van der Waals surface area contributed by atoms with E-state index in [4.69, 9.17) is 33.0 Å². The van der Waals surface area contributed by atoms with Crippen LogP contribution in [0.2, 0.25) is 10.0 Å². The molecule has 0 spiro atoms. The van der Waals surface area contributed by atoms with E-state index in [0.717, 1.165) is 21.7 Å². The van der Waals surface area contributed by atoms with E-state index in [0.29, 0.717) is 27.1 Å². The second-order valence-corrected chi connectivity index (χ2v) is 9.54. The maximum atomic E-state index is 12.7. The molecule has 0 bridgehead atoms. The van der Waals surface area contributed by atoms with Gasteiger partial charge in [0.15, 0.2) is 11.3 Å². The van der Waals surface area contributed by atoms with Gasteiger partial charge in [0.1, 0.15) is 0 Å². The number of esters is 1. The Morgan fingerprint density at radius 3 is 2.52 bits per heavy atom. The largest absolute Gasteiger partial charge is 0.461 e. The van der Waals surface area contributed by atoms with Crippen molar-refractivity contribution in [3.05, 3.63) is 75.7 Å². The number of rotatable bonds is 7. The number of nitrogens with zero attached hydrogens (tertiary/aromatic N) is 4. The number of hydrogen-bond acceptors (Lipinski definition) is 6. The molecule has 0 saturated heterocycles. The Labute approximate surface area is 206 Å². The fourth-order valence-corrected chi connectivity index (χ4v) is 4.66. The molecule has 0 atom stereocenters. The first-order valence-electron chi connectivity index (χ1n) is 10.5. The number of aromatic nitrogens is 4. The van der Waals surface area contributed by atoms with Crippen molar-refractivity contribution >= 4 is 46.6 Å². The molecule has 170 valence electrons. The topological polar surface area (TPSA) is 69.4 Å². The SMILES string of the molecule is CCOC(=O)c1nnc2c(-c3cccc(Cl)c3)c(C(C)C)nn2c1CSc1ccc(Cl)cc1. The molecule has 0 N–H and O–H groups in total. The lowest BCUT2D eigenvalue weighted by Gasteiger charge is -2.10. The van der Waals surface area contributed by atoms with Crippen molar-refractivity contribution in [3.8, 4) is 11.1 Å². The van der Waals surface area contributed by atoms with E-state index in [1.54, 1.807) is 23.2 Å². The highest BCUT2D eigenvalue weighted by Crippen LogP contribution is 2.35. The molecule has 0 aliphatic carbocycles. The highest BCUT2D eigenvalue weighted by molar-refractivity contribution is 7.98. The number of thioether (sulfide) groups is 1. The lowest BCUT2D eigenvalue weighted by Crippen LogP contribution is -2.16. The fourth-order valence-electron chi connectivity index (χ4n) is 3.46. The molecule has 0 aliphatic heterocycles. The minimum absolute atomic E-state index is 0.114. The van der Waals surface area contributed by atoms with E-state index in [9.17, 15) is 4.79 Å². The van der Waals surface area contributed by atoms with Gasteiger partial charge < -0.3 is 4.74 Å². The lowest BCUT2D eigenvalue weighted by molar-refractivity contribution is 0.0516. The lowest BCUT2D eigenvalue weighted by atomic mass is 10.00. The second-order valence-electron chi connectivity index (χ2n) is 7.62. The summed E-state index contributed by atoms with van der Waals surface area (Å²) < 4.78 is 6.96. The van der Waals surface area contributed by atoms with Crippen LogP contribution in [-0.4, -0.2) is 32.4 Å². The Hall–Kier alpha value is -2.61. The van der Waals surface area contributed by atoms with Gasteiger partial charge in [-0.3, -0.25) is 0 Å². The summed E-state index contributed by atoms with van der Waals surface area (Å²) in [7, 11) is 0. The van der Waals surface area contributed by atoms with Crippen LogP contribution in [0.25, 0.3) is 16.8 Å². The minimum atomic E-state index is -0.524. The van der Waals surface area contributed by atoms with Crippen molar-refractivity contribution < 1.29 is 9.53 Å². The van der Waals surface area contributed by atoms with Crippen LogP contribution >= 0.6 is 35.0 Å². The van der Waals surface area contributed by atoms with Crippen molar-refractivity contribution in [2.45, 2.75) is 37.3 Å². The van der Waals surface area contributed by atoms with Gasteiger partial charge in [0.2, 0.25) is 0 Å². The third-order valence-corrected chi connectivity index (χ3v) is 6.49. The third kappa shape index (κ3) is 5.00. The molecule has 0 fully saturated rings. The summed E-state index contributed by atoms with van der Waals surface area (Å²) in [5.74, 6) is 0.0312. The van der Waals surface area contributed by atoms with Crippen LogP contribution in [0, 0.1) is 0 Å². The Morgan fingerprint density at radius 1 is 1.09 bits per heavy atom. The van der Waals surface area contributed by atoms with Crippen molar-refractivity contribution in [3.63, 3.8) is 0 Å². The molecule has 0 radical (unpaired) electrons. The monoisotopic (exact) mass is 500 g/mol. The van der Waals surface area contributed by atoms with Gasteiger partial charge in [0.25, 0.3) is 0 Å². The van der Waals surface area contributed by atoms with Gasteiger partial charge in [-0.1, -0.05) is 49.2 Å². The van der Waals surface area contributed by atoms with E-state index in [1.165, 1.54) is 0 Å². The van der Waals surface area contributed by atoms with Gasteiger partial charge in [0.05, 0.1) is 23.6 Å². The van der Waals surface area contributed by atoms with Crippen LogP contribution in [0.3, 0.4) is 0 Å². The summed E-state index contributed by atoms with van der Waals surface area (Å²) in [5.41, 5.74) is 3.95. The van der Waals surface area contributed by atoms with Gasteiger partial charge in [-0.2, -0.15) is 5.10 Å². The molecule has 0 saturated carbocycles. The van der Waals surface area contributed by atoms with Crippen LogP contribution in [0.15, 0.2) is 53.4 Å². The number of benzene rings is 2. The zero-order chi connectivity index (χ0) is 23.5. The zero-order valence-electron chi connectivity index (χ0n) is 18.4. The van der Waals surface area contributed by atoms with E-state index in [1.807, 2.05) is 48.5 Å². The van der Waals surface area contributed by atoms with Gasteiger partial charge in [-0.25, -0.2) is 9.31 Å². The van der Waals surface area contributed by atoms with Crippen LogP contribution in [0.4, 0.5) is 0 Å². The van der Waals surface area contributed by atoms with Crippen LogP contribution in [0.5, 0.6) is 0 Å². The summed E-state index contributed by atoms with van der Waals surface area (Å²) in [5, 5.41) is 14.8. The summed E-state index contributed by atoms with van der Waals surface area (Å²) in [6.07, 6.45) is 0. The Balaban J connectivity index is 1.89. The van der Waals surface area contributed by atoms with Gasteiger partial charge in [0, 0.05) is 20.7 Å². The quantitative estimate of drug-likeness (QED) is 0.208. The molecule has 6 nitrogen and oxygen atoms in total. The van der Waals surface area contributed by atoms with Crippen LogP contribution in [-0.2, 0) is 10.5 Å². The molecule has 0 aliphatic rings. The van der Waals surface area contributed by atoms with E-state index < -0.39 is 5.97 Å². The Kier molecular flexibility index (Phi) is 7.22. The van der Waals surface area contributed by atoms with Crippen LogP contribution < -0.4 is 0 Å². The predicted molar refractivity (Wildman–Crippen MR) is 132 cm³/mol. The summed E-state index contributed by atoms with van der Waals surface area (Å²) in [6.45, 7) is 6.13. The van der Waals surface area contributed by atoms with Gasteiger partial charge >= 0.3 is 5.97 Å². The van der Waals surface area contributed by atoms with Gasteiger partial charge in [-0.15, -0.1) is 22.0 Å². The molecular formula is C24H22Cl2N4O2S. The van der Waals surface area contributed by atoms with E-state index >= 15 is 0 Å². The van der Waals surface area contributed by atoms with E-state index in [2.05, 4.69) is 24.0 Å². The second kappa shape index (κ2) is 10.1. The summed E-state index contributed by atoms with van der Waals surface area (Å²) in [4.78, 5) is 13.7.